The van der Waals surface area contributed by atoms with Gasteiger partial charge in [-0.1, -0.05) is 68.0 Å². The van der Waals surface area contributed by atoms with Crippen molar-refractivity contribution in [2.75, 3.05) is 4.90 Å². The normalized spacial score (nSPS) is 21.7. The van der Waals surface area contributed by atoms with Crippen LogP contribution in [0.4, 0.5) is 5.69 Å². The van der Waals surface area contributed by atoms with Gasteiger partial charge < -0.3 is 9.88 Å². The van der Waals surface area contributed by atoms with Crippen molar-refractivity contribution < 1.29 is 9.59 Å². The van der Waals surface area contributed by atoms with Crippen molar-refractivity contribution in [3.8, 4) is 0 Å². The first kappa shape index (κ1) is 22.7. The van der Waals surface area contributed by atoms with Gasteiger partial charge in [-0.25, -0.2) is 0 Å². The molecule has 2 heterocycles. The Morgan fingerprint density at radius 2 is 1.68 bits per heavy atom. The zero-order valence-corrected chi connectivity index (χ0v) is 20.6. The lowest BCUT2D eigenvalue weighted by Crippen LogP contribution is -2.65. The molecular weight excluding hydrogens is 422 g/mol. The monoisotopic (exact) mass is 457 g/mol. The van der Waals surface area contributed by atoms with Crippen LogP contribution >= 0.6 is 0 Å². The van der Waals surface area contributed by atoms with Crippen LogP contribution in [0, 0.1) is 13.8 Å². The molecule has 1 N–H and O–H groups in total. The second kappa shape index (κ2) is 8.94. The number of hydrogen-bond acceptors (Lipinski definition) is 2. The van der Waals surface area contributed by atoms with Crippen LogP contribution in [-0.4, -0.2) is 28.0 Å². The third-order valence-electron chi connectivity index (χ3n) is 7.72. The molecule has 5 rings (SSSR count). The van der Waals surface area contributed by atoms with E-state index in [1.165, 1.54) is 19.3 Å². The number of fused-ring (bicyclic) bond motifs is 3. The zero-order valence-electron chi connectivity index (χ0n) is 20.6. The third kappa shape index (κ3) is 3.91. The molecule has 1 aromatic heterocycles. The number of amides is 2. The molecule has 0 radical (unpaired) electrons. The number of para-hydroxylation sites is 1. The lowest BCUT2D eigenvalue weighted by molar-refractivity contribution is -0.127. The number of carbonyl (C=O) groups is 2. The fourth-order valence-corrected chi connectivity index (χ4v) is 5.82. The lowest BCUT2D eigenvalue weighted by atomic mass is 9.91. The molecule has 0 saturated heterocycles. The van der Waals surface area contributed by atoms with Gasteiger partial charge in [-0.05, 0) is 57.4 Å². The van der Waals surface area contributed by atoms with Gasteiger partial charge in [0.2, 0.25) is 5.91 Å². The van der Waals surface area contributed by atoms with E-state index in [-0.39, 0.29) is 17.9 Å². The van der Waals surface area contributed by atoms with Gasteiger partial charge in [-0.3, -0.25) is 14.5 Å². The van der Waals surface area contributed by atoms with Crippen molar-refractivity contribution in [1.82, 2.24) is 9.88 Å². The highest BCUT2D eigenvalue weighted by atomic mass is 16.2. The number of aromatic nitrogens is 1. The Morgan fingerprint density at radius 3 is 2.41 bits per heavy atom. The van der Waals surface area contributed by atoms with Gasteiger partial charge in [-0.15, -0.1) is 0 Å². The van der Waals surface area contributed by atoms with E-state index >= 15 is 0 Å². The summed E-state index contributed by atoms with van der Waals surface area (Å²) in [4.78, 5) is 29.9. The number of nitrogens with zero attached hydrogens (tertiary/aromatic N) is 2. The predicted molar refractivity (Wildman–Crippen MR) is 137 cm³/mol. The Hall–Kier alpha value is -3.08. The Labute approximate surface area is 202 Å². The van der Waals surface area contributed by atoms with Gasteiger partial charge in [0.25, 0.3) is 5.91 Å². The fraction of sp³-hybridized carbons (Fsp3) is 0.448. The fourth-order valence-electron chi connectivity index (χ4n) is 5.82. The van der Waals surface area contributed by atoms with Crippen LogP contribution in [0.5, 0.6) is 0 Å². The molecule has 5 heteroatoms. The summed E-state index contributed by atoms with van der Waals surface area (Å²) in [5.41, 5.74) is 3.55. The van der Waals surface area contributed by atoms with Gasteiger partial charge >= 0.3 is 0 Å². The molecule has 34 heavy (non-hydrogen) atoms. The summed E-state index contributed by atoms with van der Waals surface area (Å²) in [7, 11) is 0. The van der Waals surface area contributed by atoms with E-state index in [0.29, 0.717) is 12.2 Å². The number of hydrogen-bond donors (Lipinski definition) is 1. The third-order valence-corrected chi connectivity index (χ3v) is 7.72. The van der Waals surface area contributed by atoms with Crippen LogP contribution in [-0.2, 0) is 11.3 Å². The molecule has 2 aromatic carbocycles. The maximum Gasteiger partial charge on any atom is 0.275 e. The Bertz CT molecular complexity index is 1240. The van der Waals surface area contributed by atoms with Gasteiger partial charge in [0.1, 0.15) is 11.2 Å². The van der Waals surface area contributed by atoms with Crippen molar-refractivity contribution in [1.29, 1.82) is 0 Å². The van der Waals surface area contributed by atoms with E-state index in [1.54, 1.807) is 4.90 Å². The standard InChI is InChI=1S/C29H35N3O2/c1-20-15-16-24(21(2)17-20)32-27(33)26-18-22-11-9-10-14-25(22)31(26)19-29(32,3)28(34)30-23-12-7-5-4-6-8-13-23/h9-11,14-18,23H,4-8,12-13,19H2,1-3H3,(H,30,34)/t29-/m0/s1. The van der Waals surface area contributed by atoms with Crippen LogP contribution in [0.25, 0.3) is 10.9 Å². The molecule has 178 valence electrons. The number of anilines is 1. The van der Waals surface area contributed by atoms with Crippen molar-refractivity contribution in [2.24, 2.45) is 0 Å². The largest absolute Gasteiger partial charge is 0.351 e. The van der Waals surface area contributed by atoms with Crippen molar-refractivity contribution >= 4 is 28.4 Å². The van der Waals surface area contributed by atoms with Crippen LogP contribution in [0.1, 0.15) is 73.5 Å². The summed E-state index contributed by atoms with van der Waals surface area (Å²) in [5.74, 6) is -0.181. The molecule has 1 saturated carbocycles. The first-order chi connectivity index (χ1) is 16.4. The first-order valence-corrected chi connectivity index (χ1v) is 12.7. The minimum absolute atomic E-state index is 0.0603. The second-order valence-corrected chi connectivity index (χ2v) is 10.4. The molecular formula is C29H35N3O2. The van der Waals surface area contributed by atoms with Crippen molar-refractivity contribution in [3.63, 3.8) is 0 Å². The molecule has 1 aliphatic carbocycles. The average Bonchev–Trinajstić information content (AvgIpc) is 3.15. The van der Waals surface area contributed by atoms with Crippen LogP contribution < -0.4 is 10.2 Å². The summed E-state index contributed by atoms with van der Waals surface area (Å²) in [6.45, 7) is 6.42. The Morgan fingerprint density at radius 1 is 0.971 bits per heavy atom. The van der Waals surface area contributed by atoms with E-state index in [0.717, 1.165) is 53.4 Å². The molecule has 1 aliphatic heterocycles. The number of rotatable bonds is 3. The first-order valence-electron chi connectivity index (χ1n) is 12.7. The Kier molecular flexibility index (Phi) is 5.97. The van der Waals surface area contributed by atoms with Crippen LogP contribution in [0.15, 0.2) is 48.5 Å². The summed E-state index contributed by atoms with van der Waals surface area (Å²) < 4.78 is 2.04. The van der Waals surface area contributed by atoms with E-state index in [1.807, 2.05) is 67.8 Å². The maximum absolute atomic E-state index is 14.1. The zero-order chi connectivity index (χ0) is 23.9. The molecule has 3 aromatic rings. The minimum atomic E-state index is -1.03. The molecule has 0 bridgehead atoms. The SMILES string of the molecule is Cc1ccc(N2C(=O)c3cc4ccccc4n3C[C@@]2(C)C(=O)NC2CCCCCCC2)c(C)c1. The summed E-state index contributed by atoms with van der Waals surface area (Å²) >= 11 is 0. The number of carbonyl (C=O) groups excluding carboxylic acids is 2. The molecule has 1 fully saturated rings. The summed E-state index contributed by atoms with van der Waals surface area (Å²) in [5, 5.41) is 4.40. The molecule has 0 spiro atoms. The van der Waals surface area contributed by atoms with E-state index in [2.05, 4.69) is 11.4 Å². The smallest absolute Gasteiger partial charge is 0.275 e. The quantitative estimate of drug-likeness (QED) is 0.532. The van der Waals surface area contributed by atoms with Gasteiger partial charge in [0.15, 0.2) is 0 Å². The highest BCUT2D eigenvalue weighted by Crippen LogP contribution is 2.37. The summed E-state index contributed by atoms with van der Waals surface area (Å²) in [6.07, 6.45) is 8.07. The minimum Gasteiger partial charge on any atom is -0.351 e. The van der Waals surface area contributed by atoms with E-state index < -0.39 is 5.54 Å². The molecule has 1 atom stereocenters. The van der Waals surface area contributed by atoms with E-state index in [4.69, 9.17) is 0 Å². The van der Waals surface area contributed by atoms with Gasteiger partial charge in [-0.2, -0.15) is 0 Å². The molecule has 5 nitrogen and oxygen atoms in total. The van der Waals surface area contributed by atoms with Gasteiger partial charge in [0, 0.05) is 22.6 Å². The van der Waals surface area contributed by atoms with E-state index in [9.17, 15) is 9.59 Å². The van der Waals surface area contributed by atoms with Crippen LogP contribution in [0.2, 0.25) is 0 Å². The molecule has 2 aliphatic rings. The van der Waals surface area contributed by atoms with Crippen molar-refractivity contribution in [2.45, 2.75) is 83.8 Å². The highest BCUT2D eigenvalue weighted by Gasteiger charge is 2.49. The number of aryl methyl sites for hydroxylation is 2. The Balaban J connectivity index is 1.59. The molecule has 0 unspecified atom stereocenters. The highest BCUT2D eigenvalue weighted by molar-refractivity contribution is 6.14. The van der Waals surface area contributed by atoms with Crippen LogP contribution in [0.3, 0.4) is 0 Å². The average molecular weight is 458 g/mol. The maximum atomic E-state index is 14.1. The molecule has 2 amide bonds. The van der Waals surface area contributed by atoms with Crippen molar-refractivity contribution in [3.05, 3.63) is 65.4 Å². The summed E-state index contributed by atoms with van der Waals surface area (Å²) in [6, 6.07) is 16.3. The van der Waals surface area contributed by atoms with Gasteiger partial charge in [0.05, 0.1) is 6.54 Å². The number of nitrogens with one attached hydrogen (secondary N) is 1. The predicted octanol–water partition coefficient (Wildman–Crippen LogP) is 5.91. The number of benzene rings is 2. The second-order valence-electron chi connectivity index (χ2n) is 10.4. The topological polar surface area (TPSA) is 54.3 Å². The lowest BCUT2D eigenvalue weighted by Gasteiger charge is -2.45.